The first-order chi connectivity index (χ1) is 14.7. The minimum Gasteiger partial charge on any atom is -0.362 e. The van der Waals surface area contributed by atoms with Crippen molar-refractivity contribution in [3.8, 4) is 0 Å². The molecule has 1 saturated carbocycles. The topological polar surface area (TPSA) is 108 Å². The number of H-pyrrole nitrogens is 1. The summed E-state index contributed by atoms with van der Waals surface area (Å²) in [6.07, 6.45) is 9.14. The molecule has 0 saturated heterocycles. The van der Waals surface area contributed by atoms with Crippen molar-refractivity contribution >= 4 is 28.6 Å². The van der Waals surface area contributed by atoms with Crippen molar-refractivity contribution in [3.05, 3.63) is 71.8 Å². The van der Waals surface area contributed by atoms with Crippen LogP contribution in [0.25, 0.3) is 11.2 Å². The van der Waals surface area contributed by atoms with Crippen LogP contribution in [0.4, 0.5) is 11.5 Å². The lowest BCUT2D eigenvalue weighted by atomic mass is 10.1. The molecule has 0 spiro atoms. The monoisotopic (exact) mass is 399 g/mol. The number of nitrogens with one attached hydrogen (secondary N) is 3. The molecule has 1 fully saturated rings. The largest absolute Gasteiger partial charge is 0.362 e. The quantitative estimate of drug-likeness (QED) is 0.451. The second-order valence-electron chi connectivity index (χ2n) is 7.59. The number of hydrogen-bond acceptors (Lipinski definition) is 6. The fourth-order valence-corrected chi connectivity index (χ4v) is 3.42. The maximum atomic E-state index is 12.7. The summed E-state index contributed by atoms with van der Waals surface area (Å²) in [4.78, 5) is 25.7. The van der Waals surface area contributed by atoms with Gasteiger partial charge in [-0.25, -0.2) is 9.97 Å². The summed E-state index contributed by atoms with van der Waals surface area (Å²) < 4.78 is 0. The van der Waals surface area contributed by atoms with Crippen molar-refractivity contribution < 1.29 is 4.79 Å². The number of hydrogen-bond donors (Lipinski definition) is 3. The number of amides is 1. The molecule has 8 heteroatoms. The number of rotatable bonds is 6. The molecule has 1 aliphatic rings. The number of nitrogens with zero attached hydrogens (tertiary/aromatic N) is 4. The standard InChI is InChI=1S/C22H21N7O/c1-13(26-20-12-24-19-11-25-29-21(19)28-20)15-3-2-4-18(8-15)27-22(30)17-7-16(9-23-10-17)14-5-6-14/h2-4,7-14H,5-6H2,1H3,(H,27,30)(H2,25,26,28,29)/t13-/m0/s1. The first kappa shape index (κ1) is 18.2. The molecule has 0 radical (unpaired) electrons. The number of aromatic nitrogens is 5. The molecule has 1 aliphatic carbocycles. The summed E-state index contributed by atoms with van der Waals surface area (Å²) in [5.74, 6) is 1.06. The molecule has 150 valence electrons. The Kier molecular flexibility index (Phi) is 4.59. The summed E-state index contributed by atoms with van der Waals surface area (Å²) in [6, 6.07) is 9.67. The van der Waals surface area contributed by atoms with Crippen LogP contribution in [0.5, 0.6) is 0 Å². The molecule has 4 aromatic rings. The Balaban J connectivity index is 1.29. The Labute approximate surface area is 173 Å². The summed E-state index contributed by atoms with van der Waals surface area (Å²) >= 11 is 0. The van der Waals surface area contributed by atoms with Crippen LogP contribution in [0.1, 0.15) is 53.2 Å². The molecule has 1 atom stereocenters. The van der Waals surface area contributed by atoms with Crippen molar-refractivity contribution in [1.29, 1.82) is 0 Å². The fraction of sp³-hybridized carbons (Fsp3) is 0.227. The van der Waals surface area contributed by atoms with Crippen molar-refractivity contribution in [3.63, 3.8) is 0 Å². The van der Waals surface area contributed by atoms with E-state index in [2.05, 4.69) is 35.8 Å². The third kappa shape index (κ3) is 3.84. The van der Waals surface area contributed by atoms with Gasteiger partial charge in [0.15, 0.2) is 5.65 Å². The van der Waals surface area contributed by atoms with Crippen LogP contribution in [0.3, 0.4) is 0 Å². The SMILES string of the molecule is C[C@H](Nc1cnc2cn[nH]c2n1)c1cccc(NC(=O)c2cncc(C3CC3)c2)c1. The first-order valence-electron chi connectivity index (χ1n) is 9.94. The van der Waals surface area contributed by atoms with Gasteiger partial charge < -0.3 is 10.6 Å². The number of benzene rings is 1. The van der Waals surface area contributed by atoms with E-state index in [-0.39, 0.29) is 11.9 Å². The average Bonchev–Trinajstić information content (AvgIpc) is 3.52. The van der Waals surface area contributed by atoms with Crippen LogP contribution < -0.4 is 10.6 Å². The Morgan fingerprint density at radius 2 is 2.07 bits per heavy atom. The van der Waals surface area contributed by atoms with Crippen molar-refractivity contribution in [1.82, 2.24) is 25.1 Å². The van der Waals surface area contributed by atoms with Gasteiger partial charge in [-0.05, 0) is 55.0 Å². The summed E-state index contributed by atoms with van der Waals surface area (Å²) in [7, 11) is 0. The minimum atomic E-state index is -0.154. The predicted molar refractivity (Wildman–Crippen MR) is 114 cm³/mol. The fourth-order valence-electron chi connectivity index (χ4n) is 3.42. The lowest BCUT2D eigenvalue weighted by molar-refractivity contribution is 0.102. The second kappa shape index (κ2) is 7.55. The van der Waals surface area contributed by atoms with Gasteiger partial charge in [0, 0.05) is 18.1 Å². The van der Waals surface area contributed by atoms with Gasteiger partial charge in [-0.2, -0.15) is 5.10 Å². The summed E-state index contributed by atoms with van der Waals surface area (Å²) in [6.45, 7) is 2.03. The van der Waals surface area contributed by atoms with E-state index < -0.39 is 0 Å². The Bertz CT molecular complexity index is 1210. The molecule has 1 aromatic carbocycles. The van der Waals surface area contributed by atoms with Crippen LogP contribution in [0.15, 0.2) is 55.1 Å². The second-order valence-corrected chi connectivity index (χ2v) is 7.59. The van der Waals surface area contributed by atoms with Gasteiger partial charge >= 0.3 is 0 Å². The van der Waals surface area contributed by atoms with Gasteiger partial charge in [0.05, 0.1) is 24.0 Å². The zero-order valence-electron chi connectivity index (χ0n) is 16.5. The van der Waals surface area contributed by atoms with Crippen LogP contribution in [0, 0.1) is 0 Å². The molecule has 0 bridgehead atoms. The van der Waals surface area contributed by atoms with E-state index in [9.17, 15) is 4.79 Å². The van der Waals surface area contributed by atoms with E-state index in [1.54, 1.807) is 18.6 Å². The number of anilines is 2. The molecular weight excluding hydrogens is 378 g/mol. The van der Waals surface area contributed by atoms with E-state index in [1.165, 1.54) is 12.8 Å². The van der Waals surface area contributed by atoms with E-state index in [4.69, 9.17) is 0 Å². The number of carbonyl (C=O) groups excluding carboxylic acids is 1. The van der Waals surface area contributed by atoms with E-state index in [0.29, 0.717) is 22.9 Å². The molecule has 3 aromatic heterocycles. The first-order valence-corrected chi connectivity index (χ1v) is 9.94. The predicted octanol–water partition coefficient (Wildman–Crippen LogP) is 4.05. The smallest absolute Gasteiger partial charge is 0.257 e. The van der Waals surface area contributed by atoms with Crippen molar-refractivity contribution in [2.45, 2.75) is 31.7 Å². The van der Waals surface area contributed by atoms with Gasteiger partial charge in [0.25, 0.3) is 5.91 Å². The molecule has 30 heavy (non-hydrogen) atoms. The number of pyridine rings is 1. The van der Waals surface area contributed by atoms with Crippen molar-refractivity contribution in [2.75, 3.05) is 10.6 Å². The Morgan fingerprint density at radius 3 is 2.93 bits per heavy atom. The maximum Gasteiger partial charge on any atom is 0.257 e. The molecule has 5 rings (SSSR count). The third-order valence-electron chi connectivity index (χ3n) is 5.24. The van der Waals surface area contributed by atoms with Crippen LogP contribution >= 0.6 is 0 Å². The highest BCUT2D eigenvalue weighted by Gasteiger charge is 2.24. The minimum absolute atomic E-state index is 0.0311. The zero-order valence-corrected chi connectivity index (χ0v) is 16.5. The van der Waals surface area contributed by atoms with Crippen LogP contribution in [-0.2, 0) is 0 Å². The maximum absolute atomic E-state index is 12.7. The molecular formula is C22H21N7O. The van der Waals surface area contributed by atoms with Gasteiger partial charge in [-0.15, -0.1) is 0 Å². The molecule has 3 heterocycles. The van der Waals surface area contributed by atoms with E-state index in [0.717, 1.165) is 22.3 Å². The van der Waals surface area contributed by atoms with E-state index >= 15 is 0 Å². The Morgan fingerprint density at radius 1 is 1.17 bits per heavy atom. The lowest BCUT2D eigenvalue weighted by Crippen LogP contribution is -2.13. The highest BCUT2D eigenvalue weighted by atomic mass is 16.1. The third-order valence-corrected chi connectivity index (χ3v) is 5.24. The summed E-state index contributed by atoms with van der Waals surface area (Å²) in [5, 5.41) is 13.1. The van der Waals surface area contributed by atoms with Crippen LogP contribution in [0.2, 0.25) is 0 Å². The van der Waals surface area contributed by atoms with Gasteiger partial charge in [0.2, 0.25) is 0 Å². The molecule has 0 aliphatic heterocycles. The van der Waals surface area contributed by atoms with Crippen LogP contribution in [-0.4, -0.2) is 31.1 Å². The summed E-state index contributed by atoms with van der Waals surface area (Å²) in [5.41, 5.74) is 4.83. The highest BCUT2D eigenvalue weighted by Crippen LogP contribution is 2.39. The molecule has 3 N–H and O–H groups in total. The number of aromatic amines is 1. The highest BCUT2D eigenvalue weighted by molar-refractivity contribution is 6.04. The van der Waals surface area contributed by atoms with Gasteiger partial charge in [0.1, 0.15) is 11.3 Å². The molecule has 1 amide bonds. The van der Waals surface area contributed by atoms with Crippen molar-refractivity contribution in [2.24, 2.45) is 0 Å². The van der Waals surface area contributed by atoms with E-state index in [1.807, 2.05) is 43.5 Å². The Hall–Kier alpha value is -3.81. The normalized spacial score (nSPS) is 14.4. The molecule has 8 nitrogen and oxygen atoms in total. The average molecular weight is 399 g/mol. The number of carbonyl (C=O) groups is 1. The number of fused-ring (bicyclic) bond motifs is 1. The van der Waals surface area contributed by atoms with Gasteiger partial charge in [-0.3, -0.25) is 14.9 Å². The lowest BCUT2D eigenvalue weighted by Gasteiger charge is -2.16. The zero-order chi connectivity index (χ0) is 20.5. The molecule has 0 unspecified atom stereocenters. The van der Waals surface area contributed by atoms with Gasteiger partial charge in [-0.1, -0.05) is 12.1 Å².